The number of aryl methyl sites for hydroxylation is 1. The van der Waals surface area contributed by atoms with Gasteiger partial charge in [0.15, 0.2) is 5.82 Å². The van der Waals surface area contributed by atoms with Crippen LogP contribution in [0.5, 0.6) is 0 Å². The molecular formula is C19H18N4O2. The van der Waals surface area contributed by atoms with Gasteiger partial charge in [-0.25, -0.2) is 9.97 Å². The van der Waals surface area contributed by atoms with Gasteiger partial charge in [-0.3, -0.25) is 9.59 Å². The molecule has 126 valence electrons. The molecular weight excluding hydrogens is 316 g/mol. The van der Waals surface area contributed by atoms with Crippen LogP contribution in [-0.4, -0.2) is 27.0 Å². The molecule has 6 heteroatoms. The van der Waals surface area contributed by atoms with Gasteiger partial charge in [-0.15, -0.1) is 0 Å². The van der Waals surface area contributed by atoms with Crippen molar-refractivity contribution < 1.29 is 4.79 Å². The summed E-state index contributed by atoms with van der Waals surface area (Å²) in [6.45, 7) is 0.408. The van der Waals surface area contributed by atoms with Crippen LogP contribution in [0.2, 0.25) is 0 Å². The van der Waals surface area contributed by atoms with Crippen molar-refractivity contribution in [2.75, 3.05) is 6.54 Å². The molecule has 0 saturated heterocycles. The van der Waals surface area contributed by atoms with Gasteiger partial charge in [0.1, 0.15) is 5.56 Å². The quantitative estimate of drug-likeness (QED) is 0.772. The Labute approximate surface area is 145 Å². The van der Waals surface area contributed by atoms with E-state index in [0.717, 1.165) is 11.1 Å². The summed E-state index contributed by atoms with van der Waals surface area (Å²) in [5.41, 5.74) is 1.71. The Morgan fingerprint density at radius 3 is 2.52 bits per heavy atom. The lowest BCUT2D eigenvalue weighted by atomic mass is 10.2. The van der Waals surface area contributed by atoms with Crippen molar-refractivity contribution in [3.05, 3.63) is 82.5 Å². The standard InChI is InChI=1S/C19H18N4O2/c1-23-11-5-8-16(19(23)25)18(24)20-10-9-14-12-21-17(22-13-14)15-6-3-2-4-7-15/h2-8,11-13H,9-10H2,1H3,(H,20,24). The maximum absolute atomic E-state index is 12.1. The fraction of sp³-hybridized carbons (Fsp3) is 0.158. The molecule has 0 aliphatic carbocycles. The monoisotopic (exact) mass is 334 g/mol. The predicted octanol–water partition coefficient (Wildman–Crippen LogP) is 1.81. The van der Waals surface area contributed by atoms with Crippen molar-refractivity contribution in [1.82, 2.24) is 19.9 Å². The predicted molar refractivity (Wildman–Crippen MR) is 95.2 cm³/mol. The molecule has 2 heterocycles. The summed E-state index contributed by atoms with van der Waals surface area (Å²) in [6.07, 6.45) is 5.71. The molecule has 0 aliphatic heterocycles. The van der Waals surface area contributed by atoms with Gasteiger partial charge in [0, 0.05) is 37.7 Å². The maximum Gasteiger partial charge on any atom is 0.263 e. The van der Waals surface area contributed by atoms with Crippen LogP contribution in [0.4, 0.5) is 0 Å². The van der Waals surface area contributed by atoms with Crippen LogP contribution in [0.25, 0.3) is 11.4 Å². The number of carbonyl (C=O) groups excluding carboxylic acids is 1. The highest BCUT2D eigenvalue weighted by Gasteiger charge is 2.10. The molecule has 0 atom stereocenters. The first-order valence-corrected chi connectivity index (χ1v) is 7.95. The van der Waals surface area contributed by atoms with Crippen LogP contribution >= 0.6 is 0 Å². The summed E-state index contributed by atoms with van der Waals surface area (Å²) < 4.78 is 1.38. The second-order valence-corrected chi connectivity index (χ2v) is 5.62. The molecule has 6 nitrogen and oxygen atoms in total. The van der Waals surface area contributed by atoms with Crippen LogP contribution in [0.3, 0.4) is 0 Å². The van der Waals surface area contributed by atoms with Crippen LogP contribution in [0.15, 0.2) is 65.8 Å². The summed E-state index contributed by atoms with van der Waals surface area (Å²) in [4.78, 5) is 32.7. The first-order valence-electron chi connectivity index (χ1n) is 7.95. The molecule has 0 unspecified atom stereocenters. The van der Waals surface area contributed by atoms with Crippen LogP contribution in [0, 0.1) is 0 Å². The normalized spacial score (nSPS) is 10.4. The second-order valence-electron chi connectivity index (χ2n) is 5.62. The number of aromatic nitrogens is 3. The zero-order valence-corrected chi connectivity index (χ0v) is 13.8. The molecule has 1 N–H and O–H groups in total. The van der Waals surface area contributed by atoms with E-state index in [4.69, 9.17) is 0 Å². The maximum atomic E-state index is 12.1. The Kier molecular flexibility index (Phi) is 4.99. The molecule has 0 bridgehead atoms. The smallest absolute Gasteiger partial charge is 0.263 e. The number of pyridine rings is 1. The highest BCUT2D eigenvalue weighted by molar-refractivity contribution is 5.93. The Morgan fingerprint density at radius 1 is 1.08 bits per heavy atom. The Morgan fingerprint density at radius 2 is 1.80 bits per heavy atom. The first kappa shape index (κ1) is 16.6. The van der Waals surface area contributed by atoms with E-state index in [-0.39, 0.29) is 17.0 Å². The van der Waals surface area contributed by atoms with Gasteiger partial charge >= 0.3 is 0 Å². The molecule has 0 spiro atoms. The van der Waals surface area contributed by atoms with Crippen molar-refractivity contribution in [2.45, 2.75) is 6.42 Å². The minimum absolute atomic E-state index is 0.140. The SMILES string of the molecule is Cn1cccc(C(=O)NCCc2cnc(-c3ccccc3)nc2)c1=O. The van der Waals surface area contributed by atoms with Gasteiger partial charge in [0.25, 0.3) is 11.5 Å². The first-order chi connectivity index (χ1) is 12.1. The van der Waals surface area contributed by atoms with E-state index < -0.39 is 0 Å². The summed E-state index contributed by atoms with van der Waals surface area (Å²) in [5.74, 6) is 0.296. The number of carbonyl (C=O) groups is 1. The third-order valence-corrected chi connectivity index (χ3v) is 3.80. The summed E-state index contributed by atoms with van der Waals surface area (Å²) >= 11 is 0. The molecule has 0 aliphatic rings. The highest BCUT2D eigenvalue weighted by Crippen LogP contribution is 2.13. The number of benzene rings is 1. The average Bonchev–Trinajstić information content (AvgIpc) is 2.65. The van der Waals surface area contributed by atoms with Crippen LogP contribution < -0.4 is 10.9 Å². The number of hydrogen-bond donors (Lipinski definition) is 1. The number of hydrogen-bond acceptors (Lipinski definition) is 4. The second kappa shape index (κ2) is 7.53. The van der Waals surface area contributed by atoms with Crippen molar-refractivity contribution in [2.24, 2.45) is 7.05 Å². The molecule has 0 fully saturated rings. The van der Waals surface area contributed by atoms with E-state index in [1.165, 1.54) is 10.6 Å². The number of nitrogens with zero attached hydrogens (tertiary/aromatic N) is 3. The summed E-state index contributed by atoms with van der Waals surface area (Å²) in [7, 11) is 1.62. The zero-order valence-electron chi connectivity index (χ0n) is 13.8. The summed E-state index contributed by atoms with van der Waals surface area (Å²) in [6, 6.07) is 12.9. The number of rotatable bonds is 5. The Balaban J connectivity index is 1.58. The molecule has 1 aromatic carbocycles. The number of amides is 1. The van der Waals surface area contributed by atoms with Crippen LogP contribution in [-0.2, 0) is 13.5 Å². The summed E-state index contributed by atoms with van der Waals surface area (Å²) in [5, 5.41) is 2.75. The van der Waals surface area contributed by atoms with E-state index in [0.29, 0.717) is 18.8 Å². The lowest BCUT2D eigenvalue weighted by Crippen LogP contribution is -2.32. The van der Waals surface area contributed by atoms with E-state index >= 15 is 0 Å². The topological polar surface area (TPSA) is 76.9 Å². The Hall–Kier alpha value is -3.28. The Bertz CT molecular complexity index is 918. The third kappa shape index (κ3) is 3.98. The zero-order chi connectivity index (χ0) is 17.6. The van der Waals surface area contributed by atoms with Gasteiger partial charge in [0.2, 0.25) is 0 Å². The molecule has 2 aromatic heterocycles. The van der Waals surface area contributed by atoms with Crippen molar-refractivity contribution in [3.63, 3.8) is 0 Å². The lowest BCUT2D eigenvalue weighted by molar-refractivity contribution is 0.0952. The van der Waals surface area contributed by atoms with E-state index in [1.54, 1.807) is 31.7 Å². The fourth-order valence-electron chi connectivity index (χ4n) is 2.41. The average molecular weight is 334 g/mol. The minimum atomic E-state index is -0.372. The molecule has 3 rings (SSSR count). The fourth-order valence-corrected chi connectivity index (χ4v) is 2.41. The van der Waals surface area contributed by atoms with E-state index in [2.05, 4.69) is 15.3 Å². The largest absolute Gasteiger partial charge is 0.352 e. The van der Waals surface area contributed by atoms with Crippen molar-refractivity contribution >= 4 is 5.91 Å². The van der Waals surface area contributed by atoms with Gasteiger partial charge in [0.05, 0.1) is 0 Å². The van der Waals surface area contributed by atoms with E-state index in [9.17, 15) is 9.59 Å². The van der Waals surface area contributed by atoms with Crippen molar-refractivity contribution in [3.8, 4) is 11.4 Å². The van der Waals surface area contributed by atoms with Gasteiger partial charge in [-0.2, -0.15) is 0 Å². The molecule has 0 saturated carbocycles. The van der Waals surface area contributed by atoms with Gasteiger partial charge in [-0.05, 0) is 24.1 Å². The van der Waals surface area contributed by atoms with Crippen LogP contribution in [0.1, 0.15) is 15.9 Å². The van der Waals surface area contributed by atoms with Crippen molar-refractivity contribution in [1.29, 1.82) is 0 Å². The van der Waals surface area contributed by atoms with E-state index in [1.807, 2.05) is 30.3 Å². The molecule has 25 heavy (non-hydrogen) atoms. The number of nitrogens with one attached hydrogen (secondary N) is 1. The van der Waals surface area contributed by atoms with Gasteiger partial charge in [-0.1, -0.05) is 30.3 Å². The highest BCUT2D eigenvalue weighted by atomic mass is 16.2. The minimum Gasteiger partial charge on any atom is -0.352 e. The molecule has 0 radical (unpaired) electrons. The molecule has 3 aromatic rings. The molecule has 1 amide bonds. The lowest BCUT2D eigenvalue weighted by Gasteiger charge is -2.06. The third-order valence-electron chi connectivity index (χ3n) is 3.80. The van der Waals surface area contributed by atoms with Gasteiger partial charge < -0.3 is 9.88 Å².